The first kappa shape index (κ1) is 20.3. The van der Waals surface area contributed by atoms with Crippen molar-refractivity contribution in [3.63, 3.8) is 0 Å². The average molecular weight is 455 g/mol. The number of H-pyrrole nitrogens is 1. The van der Waals surface area contributed by atoms with E-state index >= 15 is 0 Å². The van der Waals surface area contributed by atoms with Crippen LogP contribution in [0.15, 0.2) is 77.9 Å². The summed E-state index contributed by atoms with van der Waals surface area (Å²) in [5.41, 5.74) is 2.69. The molecule has 3 aromatic carbocycles. The molecule has 0 aliphatic heterocycles. The Balaban J connectivity index is 1.46. The number of aromatic amines is 1. The van der Waals surface area contributed by atoms with Crippen LogP contribution in [0.4, 0.5) is 0 Å². The molecule has 1 aromatic heterocycles. The van der Waals surface area contributed by atoms with Crippen LogP contribution in [0.5, 0.6) is 5.75 Å². The molecule has 150 valence electrons. The molecule has 4 rings (SSSR count). The van der Waals surface area contributed by atoms with Crippen molar-refractivity contribution >= 4 is 41.6 Å². The third-order valence-electron chi connectivity index (χ3n) is 4.29. The second-order valence-corrected chi connectivity index (χ2v) is 7.60. The van der Waals surface area contributed by atoms with E-state index in [2.05, 4.69) is 15.3 Å². The predicted octanol–water partition coefficient (Wildman–Crippen LogP) is 6.38. The molecule has 0 atom stereocenters. The maximum absolute atomic E-state index is 6.18. The molecule has 0 saturated heterocycles. The highest BCUT2D eigenvalue weighted by molar-refractivity contribution is 7.71. The standard InChI is InChI=1S/C22H16Cl2N4OS/c23-18-9-8-17(20(24)12-18)14-29-19-10-6-15(7-11-19)13-25-28-21(26-27-22(28)30)16-4-2-1-3-5-16/h1-13H,14H2,(H,27,30)/b25-13-. The van der Waals surface area contributed by atoms with Crippen molar-refractivity contribution in [1.29, 1.82) is 0 Å². The van der Waals surface area contributed by atoms with Crippen molar-refractivity contribution in [3.05, 3.63) is 98.7 Å². The number of halogens is 2. The quantitative estimate of drug-likeness (QED) is 0.271. The van der Waals surface area contributed by atoms with Gasteiger partial charge in [-0.25, -0.2) is 5.10 Å². The van der Waals surface area contributed by atoms with Crippen LogP contribution in [0.25, 0.3) is 11.4 Å². The van der Waals surface area contributed by atoms with Crippen molar-refractivity contribution in [1.82, 2.24) is 14.9 Å². The number of hydrogen-bond acceptors (Lipinski definition) is 4. The van der Waals surface area contributed by atoms with E-state index in [9.17, 15) is 0 Å². The van der Waals surface area contributed by atoms with Gasteiger partial charge in [0.2, 0.25) is 4.77 Å². The van der Waals surface area contributed by atoms with E-state index in [0.717, 1.165) is 22.4 Å². The van der Waals surface area contributed by atoms with E-state index in [4.69, 9.17) is 40.2 Å². The molecule has 0 aliphatic carbocycles. The van der Waals surface area contributed by atoms with Gasteiger partial charge in [0.25, 0.3) is 0 Å². The maximum Gasteiger partial charge on any atom is 0.216 e. The van der Waals surface area contributed by atoms with Gasteiger partial charge in [0.15, 0.2) is 5.82 Å². The van der Waals surface area contributed by atoms with Gasteiger partial charge in [-0.05, 0) is 54.2 Å². The van der Waals surface area contributed by atoms with Crippen LogP contribution in [0.2, 0.25) is 10.0 Å². The van der Waals surface area contributed by atoms with Gasteiger partial charge in [0.05, 0.1) is 6.21 Å². The molecule has 30 heavy (non-hydrogen) atoms. The lowest BCUT2D eigenvalue weighted by Crippen LogP contribution is -1.97. The summed E-state index contributed by atoms with van der Waals surface area (Å²) in [6.07, 6.45) is 1.72. The van der Waals surface area contributed by atoms with Crippen LogP contribution < -0.4 is 4.74 Å². The molecule has 0 fully saturated rings. The monoisotopic (exact) mass is 454 g/mol. The van der Waals surface area contributed by atoms with Gasteiger partial charge in [-0.2, -0.15) is 14.9 Å². The summed E-state index contributed by atoms with van der Waals surface area (Å²) < 4.78 is 7.82. The summed E-state index contributed by atoms with van der Waals surface area (Å²) in [6.45, 7) is 0.355. The normalized spacial score (nSPS) is 11.1. The number of aromatic nitrogens is 3. The molecule has 0 amide bonds. The van der Waals surface area contributed by atoms with Crippen LogP contribution in [-0.4, -0.2) is 21.1 Å². The largest absolute Gasteiger partial charge is 0.489 e. The van der Waals surface area contributed by atoms with Gasteiger partial charge in [-0.1, -0.05) is 59.6 Å². The second-order valence-electron chi connectivity index (χ2n) is 6.37. The lowest BCUT2D eigenvalue weighted by molar-refractivity contribution is 0.306. The fourth-order valence-electron chi connectivity index (χ4n) is 2.75. The zero-order chi connectivity index (χ0) is 20.9. The molecular weight excluding hydrogens is 439 g/mol. The van der Waals surface area contributed by atoms with Gasteiger partial charge in [0, 0.05) is 21.2 Å². The third-order valence-corrected chi connectivity index (χ3v) is 5.15. The van der Waals surface area contributed by atoms with Crippen LogP contribution in [0, 0.1) is 4.77 Å². The van der Waals surface area contributed by atoms with E-state index in [1.807, 2.05) is 60.7 Å². The van der Waals surface area contributed by atoms with E-state index < -0.39 is 0 Å². The molecular formula is C22H16Cl2N4OS. The first-order chi connectivity index (χ1) is 14.6. The van der Waals surface area contributed by atoms with Gasteiger partial charge in [0.1, 0.15) is 12.4 Å². The van der Waals surface area contributed by atoms with Gasteiger partial charge in [-0.3, -0.25) is 0 Å². The average Bonchev–Trinajstić information content (AvgIpc) is 3.13. The molecule has 0 aliphatic rings. The maximum atomic E-state index is 6.18. The number of rotatable bonds is 6. The van der Waals surface area contributed by atoms with Gasteiger partial charge < -0.3 is 4.74 Å². The number of benzene rings is 3. The Labute approximate surface area is 188 Å². The summed E-state index contributed by atoms with van der Waals surface area (Å²) in [5, 5.41) is 12.7. The summed E-state index contributed by atoms with van der Waals surface area (Å²) in [4.78, 5) is 0. The highest BCUT2D eigenvalue weighted by Crippen LogP contribution is 2.23. The van der Waals surface area contributed by atoms with Crippen LogP contribution in [0.1, 0.15) is 11.1 Å². The number of ether oxygens (including phenoxy) is 1. The number of nitrogens with zero attached hydrogens (tertiary/aromatic N) is 3. The molecule has 5 nitrogen and oxygen atoms in total. The predicted molar refractivity (Wildman–Crippen MR) is 123 cm³/mol. The Morgan fingerprint density at radius 1 is 1.03 bits per heavy atom. The Kier molecular flexibility index (Phi) is 6.28. The van der Waals surface area contributed by atoms with Gasteiger partial charge in [-0.15, -0.1) is 0 Å². The lowest BCUT2D eigenvalue weighted by atomic mass is 10.2. The summed E-state index contributed by atoms with van der Waals surface area (Å²) >= 11 is 17.4. The molecule has 8 heteroatoms. The Morgan fingerprint density at radius 2 is 1.80 bits per heavy atom. The topological polar surface area (TPSA) is 55.2 Å². The van der Waals surface area contributed by atoms with Crippen LogP contribution in [-0.2, 0) is 6.61 Å². The highest BCUT2D eigenvalue weighted by Gasteiger charge is 2.07. The summed E-state index contributed by atoms with van der Waals surface area (Å²) in [7, 11) is 0. The van der Waals surface area contributed by atoms with Crippen molar-refractivity contribution in [2.24, 2.45) is 5.10 Å². The first-order valence-corrected chi connectivity index (χ1v) is 10.2. The highest BCUT2D eigenvalue weighted by atomic mass is 35.5. The smallest absolute Gasteiger partial charge is 0.216 e. The SMILES string of the molecule is S=c1[nH]nc(-c2ccccc2)n1/N=C\c1ccc(OCc2ccc(Cl)cc2Cl)cc1. The van der Waals surface area contributed by atoms with Crippen LogP contribution in [0.3, 0.4) is 0 Å². The Hall–Kier alpha value is -2.93. The molecule has 1 heterocycles. The van der Waals surface area contributed by atoms with Gasteiger partial charge >= 0.3 is 0 Å². The summed E-state index contributed by atoms with van der Waals surface area (Å²) in [5.74, 6) is 1.37. The summed E-state index contributed by atoms with van der Waals surface area (Å²) in [6, 6.07) is 22.6. The van der Waals surface area contributed by atoms with E-state index in [1.54, 1.807) is 23.0 Å². The fourth-order valence-corrected chi connectivity index (χ4v) is 3.39. The molecule has 0 radical (unpaired) electrons. The van der Waals surface area contributed by atoms with Crippen LogP contribution >= 0.6 is 35.4 Å². The minimum absolute atomic E-state index is 0.355. The third kappa shape index (κ3) is 4.79. The van der Waals surface area contributed by atoms with E-state index in [-0.39, 0.29) is 0 Å². The van der Waals surface area contributed by atoms with Crippen molar-refractivity contribution in [2.45, 2.75) is 6.61 Å². The zero-order valence-electron chi connectivity index (χ0n) is 15.6. The molecule has 1 N–H and O–H groups in total. The Bertz CT molecular complexity index is 1230. The molecule has 0 saturated carbocycles. The van der Waals surface area contributed by atoms with Crippen molar-refractivity contribution in [3.8, 4) is 17.1 Å². The van der Waals surface area contributed by atoms with Crippen molar-refractivity contribution in [2.75, 3.05) is 0 Å². The molecule has 0 bridgehead atoms. The second kappa shape index (κ2) is 9.26. The number of hydrogen-bond donors (Lipinski definition) is 1. The minimum atomic E-state index is 0.355. The minimum Gasteiger partial charge on any atom is -0.489 e. The van der Waals surface area contributed by atoms with E-state index in [1.165, 1.54) is 0 Å². The Morgan fingerprint density at radius 3 is 2.53 bits per heavy atom. The zero-order valence-corrected chi connectivity index (χ0v) is 18.0. The lowest BCUT2D eigenvalue weighted by Gasteiger charge is -2.08. The molecule has 4 aromatic rings. The fraction of sp³-hybridized carbons (Fsp3) is 0.0455. The number of nitrogens with one attached hydrogen (secondary N) is 1. The molecule has 0 unspecified atom stereocenters. The first-order valence-electron chi connectivity index (χ1n) is 9.04. The van der Waals surface area contributed by atoms with Crippen molar-refractivity contribution < 1.29 is 4.74 Å². The van der Waals surface area contributed by atoms with E-state index in [0.29, 0.717) is 27.2 Å². The molecule has 0 spiro atoms.